The van der Waals surface area contributed by atoms with Crippen molar-refractivity contribution in [3.8, 4) is 0 Å². The van der Waals surface area contributed by atoms with Gasteiger partial charge in [-0.15, -0.1) is 0 Å². The first kappa shape index (κ1) is 9.20. The van der Waals surface area contributed by atoms with Crippen LogP contribution in [-0.4, -0.2) is 5.78 Å². The van der Waals surface area contributed by atoms with Gasteiger partial charge in [0.1, 0.15) is 5.82 Å². The summed E-state index contributed by atoms with van der Waals surface area (Å²) in [5.41, 5.74) is 0.839. The Morgan fingerprint density at radius 2 is 2.08 bits per heavy atom. The Morgan fingerprint density at radius 1 is 1.50 bits per heavy atom. The van der Waals surface area contributed by atoms with E-state index in [1.165, 1.54) is 19.1 Å². The zero-order chi connectivity index (χ0) is 9.30. The highest BCUT2D eigenvalue weighted by Crippen LogP contribution is 2.20. The molecule has 0 aromatic heterocycles. The van der Waals surface area contributed by atoms with E-state index in [0.717, 1.165) is 0 Å². The number of rotatable bonds is 1. The molecule has 1 aromatic carbocycles. The Hall–Kier alpha value is -0.890. The molecule has 1 aromatic rings. The third-order valence-electron chi connectivity index (χ3n) is 1.62. The number of carbonyl (C=O) groups is 1. The molecule has 0 radical (unpaired) electrons. The molecule has 1 rings (SSSR count). The fourth-order valence-electron chi connectivity index (χ4n) is 0.930. The fourth-order valence-corrected chi connectivity index (χ4v) is 1.20. The zero-order valence-corrected chi connectivity index (χ0v) is 7.57. The molecular weight excluding hydrogens is 179 g/mol. The molecule has 3 heteroatoms. The molecule has 0 N–H and O–H groups in total. The molecule has 0 fully saturated rings. The number of carbonyl (C=O) groups excluding carboxylic acids is 1. The highest BCUT2D eigenvalue weighted by molar-refractivity contribution is 6.31. The maximum absolute atomic E-state index is 12.9. The first-order valence-electron chi connectivity index (χ1n) is 3.49. The third kappa shape index (κ3) is 1.64. The van der Waals surface area contributed by atoms with E-state index in [2.05, 4.69) is 0 Å². The third-order valence-corrected chi connectivity index (χ3v) is 1.89. The molecule has 0 amide bonds. The van der Waals surface area contributed by atoms with E-state index in [-0.39, 0.29) is 10.8 Å². The summed E-state index contributed by atoms with van der Waals surface area (Å²) in [6.07, 6.45) is 0. The van der Waals surface area contributed by atoms with Crippen LogP contribution in [0, 0.1) is 12.7 Å². The van der Waals surface area contributed by atoms with Gasteiger partial charge < -0.3 is 0 Å². The summed E-state index contributed by atoms with van der Waals surface area (Å²) in [4.78, 5) is 10.9. The average molecular weight is 187 g/mol. The standard InChI is InChI=1S/C9H8ClFO/c1-5-3-7(6(2)12)4-8(10)9(5)11/h3-4H,1-2H3. The minimum atomic E-state index is -0.457. The lowest BCUT2D eigenvalue weighted by Crippen LogP contribution is -1.95. The van der Waals surface area contributed by atoms with Gasteiger partial charge in [0, 0.05) is 5.56 Å². The summed E-state index contributed by atoms with van der Waals surface area (Å²) in [6, 6.07) is 2.83. The lowest BCUT2D eigenvalue weighted by atomic mass is 10.1. The number of benzene rings is 1. The van der Waals surface area contributed by atoms with Gasteiger partial charge in [-0.1, -0.05) is 11.6 Å². The Balaban J connectivity index is 3.31. The zero-order valence-electron chi connectivity index (χ0n) is 6.82. The van der Waals surface area contributed by atoms with E-state index < -0.39 is 5.82 Å². The van der Waals surface area contributed by atoms with Crippen LogP contribution < -0.4 is 0 Å². The second-order valence-electron chi connectivity index (χ2n) is 2.65. The molecule has 12 heavy (non-hydrogen) atoms. The summed E-state index contributed by atoms with van der Waals surface area (Å²) in [5.74, 6) is -0.568. The van der Waals surface area contributed by atoms with Crippen LogP contribution in [0.25, 0.3) is 0 Å². The maximum Gasteiger partial charge on any atom is 0.159 e. The van der Waals surface area contributed by atoms with Crippen LogP contribution >= 0.6 is 11.6 Å². The predicted octanol–water partition coefficient (Wildman–Crippen LogP) is 2.99. The number of halogens is 2. The van der Waals surface area contributed by atoms with Crippen molar-refractivity contribution in [3.63, 3.8) is 0 Å². The maximum atomic E-state index is 12.9. The number of hydrogen-bond donors (Lipinski definition) is 0. The second kappa shape index (κ2) is 3.23. The molecule has 0 heterocycles. The summed E-state index contributed by atoms with van der Waals surface area (Å²) in [7, 11) is 0. The molecule has 0 atom stereocenters. The van der Waals surface area contributed by atoms with Crippen LogP contribution in [-0.2, 0) is 0 Å². The van der Waals surface area contributed by atoms with Gasteiger partial charge in [-0.25, -0.2) is 4.39 Å². The molecule has 0 bridgehead atoms. The molecule has 0 spiro atoms. The van der Waals surface area contributed by atoms with Crippen molar-refractivity contribution >= 4 is 17.4 Å². The van der Waals surface area contributed by atoms with Crippen LogP contribution in [0.15, 0.2) is 12.1 Å². The highest BCUT2D eigenvalue weighted by Gasteiger charge is 2.07. The molecule has 1 nitrogen and oxygen atoms in total. The van der Waals surface area contributed by atoms with Crippen molar-refractivity contribution in [1.29, 1.82) is 0 Å². The van der Waals surface area contributed by atoms with Crippen molar-refractivity contribution in [2.24, 2.45) is 0 Å². The van der Waals surface area contributed by atoms with Gasteiger partial charge in [0.25, 0.3) is 0 Å². The SMILES string of the molecule is CC(=O)c1cc(C)c(F)c(Cl)c1. The van der Waals surface area contributed by atoms with E-state index in [1.807, 2.05) is 0 Å². The fraction of sp³-hybridized carbons (Fsp3) is 0.222. The monoisotopic (exact) mass is 186 g/mol. The first-order chi connectivity index (χ1) is 5.52. The molecular formula is C9H8ClFO. The number of aryl methyl sites for hydroxylation is 1. The van der Waals surface area contributed by atoms with Crippen molar-refractivity contribution in [1.82, 2.24) is 0 Å². The second-order valence-corrected chi connectivity index (χ2v) is 3.05. The number of Topliss-reactive ketones (excluding diaryl/α,β-unsaturated/α-hetero) is 1. The van der Waals surface area contributed by atoms with Gasteiger partial charge in [-0.05, 0) is 31.5 Å². The molecule has 0 unspecified atom stereocenters. The van der Waals surface area contributed by atoms with Crippen molar-refractivity contribution in [2.45, 2.75) is 13.8 Å². The Morgan fingerprint density at radius 3 is 2.50 bits per heavy atom. The minimum absolute atomic E-state index is 0.000185. The van der Waals surface area contributed by atoms with Crippen LogP contribution in [0.3, 0.4) is 0 Å². The molecule has 0 saturated carbocycles. The van der Waals surface area contributed by atoms with Gasteiger partial charge in [0.2, 0.25) is 0 Å². The van der Waals surface area contributed by atoms with Crippen LogP contribution in [0.4, 0.5) is 4.39 Å². The topological polar surface area (TPSA) is 17.1 Å². The largest absolute Gasteiger partial charge is 0.295 e. The van der Waals surface area contributed by atoms with E-state index in [9.17, 15) is 9.18 Å². The average Bonchev–Trinajstić information content (AvgIpc) is 1.99. The lowest BCUT2D eigenvalue weighted by molar-refractivity contribution is 0.101. The molecule has 64 valence electrons. The number of ketones is 1. The summed E-state index contributed by atoms with van der Waals surface area (Å²) < 4.78 is 12.9. The van der Waals surface area contributed by atoms with E-state index in [1.54, 1.807) is 6.92 Å². The molecule has 0 saturated heterocycles. The van der Waals surface area contributed by atoms with Crippen molar-refractivity contribution in [2.75, 3.05) is 0 Å². The van der Waals surface area contributed by atoms with Crippen molar-refractivity contribution < 1.29 is 9.18 Å². The molecule has 0 aliphatic rings. The Labute approximate surface area is 75.2 Å². The normalized spacial score (nSPS) is 10.0. The van der Waals surface area contributed by atoms with Gasteiger partial charge >= 0.3 is 0 Å². The first-order valence-corrected chi connectivity index (χ1v) is 3.86. The van der Waals surface area contributed by atoms with Gasteiger partial charge in [-0.3, -0.25) is 4.79 Å². The summed E-state index contributed by atoms with van der Waals surface area (Å²) in [6.45, 7) is 3.00. The van der Waals surface area contributed by atoms with Gasteiger partial charge in [0.15, 0.2) is 5.78 Å². The smallest absolute Gasteiger partial charge is 0.159 e. The van der Waals surface area contributed by atoms with Gasteiger partial charge in [-0.2, -0.15) is 0 Å². The van der Waals surface area contributed by atoms with Crippen molar-refractivity contribution in [3.05, 3.63) is 34.1 Å². The number of hydrogen-bond acceptors (Lipinski definition) is 1. The quantitative estimate of drug-likeness (QED) is 0.617. The van der Waals surface area contributed by atoms with E-state index >= 15 is 0 Å². The lowest BCUT2D eigenvalue weighted by Gasteiger charge is -2.01. The Bertz CT molecular complexity index is 310. The predicted molar refractivity (Wildman–Crippen MR) is 46.2 cm³/mol. The van der Waals surface area contributed by atoms with E-state index in [4.69, 9.17) is 11.6 Å². The van der Waals surface area contributed by atoms with E-state index in [0.29, 0.717) is 11.1 Å². The molecule has 0 aliphatic heterocycles. The van der Waals surface area contributed by atoms with Gasteiger partial charge in [0.05, 0.1) is 5.02 Å². The van der Waals surface area contributed by atoms with Crippen LogP contribution in [0.5, 0.6) is 0 Å². The van der Waals surface area contributed by atoms with Crippen LogP contribution in [0.1, 0.15) is 22.8 Å². The Kier molecular flexibility index (Phi) is 2.48. The minimum Gasteiger partial charge on any atom is -0.295 e. The molecule has 0 aliphatic carbocycles. The van der Waals surface area contributed by atoms with Crippen LogP contribution in [0.2, 0.25) is 5.02 Å². The summed E-state index contributed by atoms with van der Waals surface area (Å²) >= 11 is 5.54. The summed E-state index contributed by atoms with van der Waals surface area (Å²) in [5, 5.41) is 0.000185. The highest BCUT2D eigenvalue weighted by atomic mass is 35.5.